The van der Waals surface area contributed by atoms with Crippen molar-refractivity contribution in [1.29, 1.82) is 0 Å². The molecule has 6 nitrogen and oxygen atoms in total. The first-order valence-corrected chi connectivity index (χ1v) is 10.8. The number of benzene rings is 2. The van der Waals surface area contributed by atoms with Crippen LogP contribution in [-0.4, -0.2) is 26.0 Å². The highest BCUT2D eigenvalue weighted by Gasteiger charge is 2.59. The van der Waals surface area contributed by atoms with Gasteiger partial charge in [-0.3, -0.25) is 14.5 Å². The van der Waals surface area contributed by atoms with Crippen LogP contribution >= 0.6 is 11.3 Å². The molecule has 0 bridgehead atoms. The summed E-state index contributed by atoms with van der Waals surface area (Å²) in [7, 11) is 3.11. The standard InChI is InChI=1S/C24H24N2O4S/c1-15-7-8-17(12-16(15)2)26-22(27)14-24(26,21-6-5-11-31-21)23(28)25-19-10-9-18(29-3)13-20(19)30-4/h5-13H,14H2,1-4H3,(H,25,28)/t24-/m1/s1. The van der Waals surface area contributed by atoms with Crippen LogP contribution in [0.4, 0.5) is 11.4 Å². The van der Waals surface area contributed by atoms with E-state index in [1.807, 2.05) is 49.6 Å². The van der Waals surface area contributed by atoms with Gasteiger partial charge >= 0.3 is 0 Å². The van der Waals surface area contributed by atoms with Crippen LogP contribution in [0.3, 0.4) is 0 Å². The van der Waals surface area contributed by atoms with E-state index in [1.54, 1.807) is 30.2 Å². The minimum absolute atomic E-state index is 0.0894. The molecule has 3 aromatic rings. The highest BCUT2D eigenvalue weighted by Crippen LogP contribution is 2.48. The topological polar surface area (TPSA) is 67.9 Å². The quantitative estimate of drug-likeness (QED) is 0.571. The second kappa shape index (κ2) is 8.07. The molecule has 2 heterocycles. The van der Waals surface area contributed by atoms with Gasteiger partial charge in [0.2, 0.25) is 5.91 Å². The van der Waals surface area contributed by atoms with E-state index in [9.17, 15) is 9.59 Å². The molecule has 160 valence electrons. The Hall–Kier alpha value is -3.32. The van der Waals surface area contributed by atoms with Gasteiger partial charge in [0, 0.05) is 16.6 Å². The number of nitrogens with zero attached hydrogens (tertiary/aromatic N) is 1. The molecular formula is C24H24N2O4S. The van der Waals surface area contributed by atoms with Crippen molar-refractivity contribution in [1.82, 2.24) is 0 Å². The minimum atomic E-state index is -1.11. The van der Waals surface area contributed by atoms with E-state index >= 15 is 0 Å². The molecule has 1 aliphatic heterocycles. The van der Waals surface area contributed by atoms with E-state index in [4.69, 9.17) is 9.47 Å². The summed E-state index contributed by atoms with van der Waals surface area (Å²) >= 11 is 1.46. The summed E-state index contributed by atoms with van der Waals surface area (Å²) in [5.74, 6) is 0.737. The van der Waals surface area contributed by atoms with E-state index in [0.29, 0.717) is 22.9 Å². The van der Waals surface area contributed by atoms with Crippen molar-refractivity contribution in [3.05, 3.63) is 69.9 Å². The van der Waals surface area contributed by atoms with Crippen molar-refractivity contribution in [2.75, 3.05) is 24.4 Å². The highest BCUT2D eigenvalue weighted by molar-refractivity contribution is 7.10. The maximum atomic E-state index is 13.7. The maximum absolute atomic E-state index is 13.7. The first kappa shape index (κ1) is 20.9. The fourth-order valence-electron chi connectivity index (χ4n) is 3.86. The Morgan fingerprint density at radius 3 is 2.48 bits per heavy atom. The third kappa shape index (κ3) is 3.45. The second-order valence-corrected chi connectivity index (χ2v) is 8.48. The summed E-state index contributed by atoms with van der Waals surface area (Å²) < 4.78 is 10.7. The summed E-state index contributed by atoms with van der Waals surface area (Å²) in [5, 5.41) is 4.90. The summed E-state index contributed by atoms with van der Waals surface area (Å²) in [6, 6.07) is 14.8. The molecule has 2 amide bonds. The van der Waals surface area contributed by atoms with Gasteiger partial charge in [0.15, 0.2) is 5.54 Å². The van der Waals surface area contributed by atoms with Crippen LogP contribution in [0.25, 0.3) is 0 Å². The number of carbonyl (C=O) groups is 2. The Bertz CT molecular complexity index is 1140. The van der Waals surface area contributed by atoms with E-state index in [-0.39, 0.29) is 18.2 Å². The third-order valence-electron chi connectivity index (χ3n) is 5.75. The lowest BCUT2D eigenvalue weighted by molar-refractivity contribution is -0.137. The first-order valence-electron chi connectivity index (χ1n) is 9.88. The zero-order chi connectivity index (χ0) is 22.2. The van der Waals surface area contributed by atoms with Crippen LogP contribution in [0.5, 0.6) is 11.5 Å². The molecule has 1 aliphatic rings. The van der Waals surface area contributed by atoms with Gasteiger partial charge in [-0.2, -0.15) is 0 Å². The van der Waals surface area contributed by atoms with Gasteiger partial charge in [0.1, 0.15) is 11.5 Å². The Morgan fingerprint density at radius 2 is 1.87 bits per heavy atom. The largest absolute Gasteiger partial charge is 0.497 e. The predicted octanol–water partition coefficient (Wildman–Crippen LogP) is 4.65. The number of amides is 2. The van der Waals surface area contributed by atoms with E-state index < -0.39 is 5.54 Å². The van der Waals surface area contributed by atoms with Gasteiger partial charge in [-0.25, -0.2) is 0 Å². The number of ether oxygens (including phenoxy) is 2. The van der Waals surface area contributed by atoms with Crippen molar-refractivity contribution < 1.29 is 19.1 Å². The molecule has 0 unspecified atom stereocenters. The molecule has 1 aromatic heterocycles. The SMILES string of the molecule is COc1ccc(NC(=O)[C@]2(c3cccs3)CC(=O)N2c2ccc(C)c(C)c2)c(OC)c1. The maximum Gasteiger partial charge on any atom is 0.256 e. The third-order valence-corrected chi connectivity index (χ3v) is 6.77. The lowest BCUT2D eigenvalue weighted by Crippen LogP contribution is -2.67. The van der Waals surface area contributed by atoms with Crippen molar-refractivity contribution in [2.24, 2.45) is 0 Å². The molecule has 31 heavy (non-hydrogen) atoms. The first-order chi connectivity index (χ1) is 14.9. The van der Waals surface area contributed by atoms with Crippen molar-refractivity contribution in [2.45, 2.75) is 25.8 Å². The van der Waals surface area contributed by atoms with Crippen molar-refractivity contribution in [3.8, 4) is 11.5 Å². The number of β-lactam (4-membered cyclic amide) rings is 1. The molecule has 7 heteroatoms. The van der Waals surface area contributed by atoms with Crippen molar-refractivity contribution >= 4 is 34.5 Å². The number of rotatable bonds is 6. The number of hydrogen-bond donors (Lipinski definition) is 1. The number of nitrogens with one attached hydrogen (secondary N) is 1. The van der Waals surface area contributed by atoms with Crippen LogP contribution in [0.15, 0.2) is 53.9 Å². The smallest absolute Gasteiger partial charge is 0.256 e. The highest BCUT2D eigenvalue weighted by atomic mass is 32.1. The van der Waals surface area contributed by atoms with Crippen molar-refractivity contribution in [3.63, 3.8) is 0 Å². The molecule has 0 spiro atoms. The van der Waals surface area contributed by atoms with Gasteiger partial charge in [0.05, 0.1) is 26.3 Å². The van der Waals surface area contributed by atoms with Gasteiger partial charge in [-0.1, -0.05) is 12.1 Å². The van der Waals surface area contributed by atoms with Crippen LogP contribution in [0.2, 0.25) is 0 Å². The molecule has 1 saturated heterocycles. The van der Waals surface area contributed by atoms with Gasteiger partial charge in [0.25, 0.3) is 5.91 Å². The Kier molecular flexibility index (Phi) is 5.45. The molecule has 1 atom stereocenters. The number of carbonyl (C=O) groups excluding carboxylic acids is 2. The Morgan fingerprint density at radius 1 is 1.06 bits per heavy atom. The fraction of sp³-hybridized carbons (Fsp3) is 0.250. The molecule has 0 aliphatic carbocycles. The average Bonchev–Trinajstić information content (AvgIpc) is 3.29. The minimum Gasteiger partial charge on any atom is -0.497 e. The predicted molar refractivity (Wildman–Crippen MR) is 122 cm³/mol. The number of aryl methyl sites for hydroxylation is 2. The number of methoxy groups -OCH3 is 2. The number of anilines is 2. The van der Waals surface area contributed by atoms with E-state index in [1.165, 1.54) is 18.4 Å². The van der Waals surface area contributed by atoms with Gasteiger partial charge in [-0.15, -0.1) is 11.3 Å². The molecule has 0 radical (unpaired) electrons. The lowest BCUT2D eigenvalue weighted by Gasteiger charge is -2.50. The number of hydrogen-bond acceptors (Lipinski definition) is 5. The number of thiophene rings is 1. The monoisotopic (exact) mass is 436 g/mol. The lowest BCUT2D eigenvalue weighted by atomic mass is 9.80. The molecule has 2 aromatic carbocycles. The zero-order valence-electron chi connectivity index (χ0n) is 17.9. The molecule has 1 fully saturated rings. The fourth-order valence-corrected chi connectivity index (χ4v) is 4.77. The molecular weight excluding hydrogens is 412 g/mol. The molecule has 4 rings (SSSR count). The Labute approximate surface area is 185 Å². The summed E-state index contributed by atoms with van der Waals surface area (Å²) in [4.78, 5) is 29.0. The second-order valence-electron chi connectivity index (χ2n) is 7.53. The van der Waals surface area contributed by atoms with Gasteiger partial charge in [-0.05, 0) is 60.7 Å². The summed E-state index contributed by atoms with van der Waals surface area (Å²) in [5.41, 5.74) is 2.31. The van der Waals surface area contributed by atoms with Crippen LogP contribution in [-0.2, 0) is 15.1 Å². The summed E-state index contributed by atoms with van der Waals surface area (Å²) in [6.45, 7) is 4.02. The summed E-state index contributed by atoms with van der Waals surface area (Å²) in [6.07, 6.45) is 0.102. The zero-order valence-corrected chi connectivity index (χ0v) is 18.7. The van der Waals surface area contributed by atoms with Crippen LogP contribution in [0, 0.1) is 13.8 Å². The normalized spacial score (nSPS) is 17.8. The average molecular weight is 437 g/mol. The van der Waals surface area contributed by atoms with E-state index in [0.717, 1.165) is 16.0 Å². The molecule has 1 N–H and O–H groups in total. The van der Waals surface area contributed by atoms with E-state index in [2.05, 4.69) is 5.32 Å². The van der Waals surface area contributed by atoms with Crippen LogP contribution < -0.4 is 19.7 Å². The Balaban J connectivity index is 1.76. The van der Waals surface area contributed by atoms with Crippen LogP contribution in [0.1, 0.15) is 22.4 Å². The van der Waals surface area contributed by atoms with Gasteiger partial charge < -0.3 is 14.8 Å². The molecule has 0 saturated carbocycles.